The summed E-state index contributed by atoms with van der Waals surface area (Å²) in [4.78, 5) is 0. The Morgan fingerprint density at radius 1 is 0.600 bits per heavy atom. The molecule has 0 heteroatoms. The van der Waals surface area contributed by atoms with Crippen molar-refractivity contribution in [3.63, 3.8) is 0 Å². The second-order valence-electron chi connectivity index (χ2n) is 6.42. The molecule has 0 atom stereocenters. The van der Waals surface area contributed by atoms with E-state index < -0.39 is 0 Å². The van der Waals surface area contributed by atoms with Gasteiger partial charge in [-0.15, -0.1) is 5.92 Å². The molecule has 0 saturated carbocycles. The lowest BCUT2D eigenvalue weighted by molar-refractivity contribution is 0.607. The summed E-state index contributed by atoms with van der Waals surface area (Å²) in [6.45, 7) is 4.12. The molecule has 0 amide bonds. The van der Waals surface area contributed by atoms with E-state index in [1.54, 1.807) is 0 Å². The van der Waals surface area contributed by atoms with Crippen molar-refractivity contribution in [2.45, 2.75) is 58.8 Å². The van der Waals surface area contributed by atoms with E-state index in [1.165, 1.54) is 50.5 Å². The lowest BCUT2D eigenvalue weighted by Crippen LogP contribution is -1.87. The molecule has 0 aliphatic heterocycles. The standard InChI is InChI=1S/C25H28/c1-3-5-6-7-8-9-11-23-14-18-25(19-15-23)21-20-24-16-12-22(10-4-2)13-17-24/h12-19H,3,5-9,11H2,1-2H3. The Balaban J connectivity index is 1.82. The van der Waals surface area contributed by atoms with Crippen LogP contribution in [0.4, 0.5) is 0 Å². The Morgan fingerprint density at radius 3 is 1.64 bits per heavy atom. The van der Waals surface area contributed by atoms with Gasteiger partial charge in [0.1, 0.15) is 0 Å². The van der Waals surface area contributed by atoms with Crippen molar-refractivity contribution in [2.75, 3.05) is 0 Å². The Hall–Kier alpha value is -2.44. The van der Waals surface area contributed by atoms with Crippen molar-refractivity contribution in [2.24, 2.45) is 0 Å². The summed E-state index contributed by atoms with van der Waals surface area (Å²) in [5, 5.41) is 0. The minimum Gasteiger partial charge on any atom is -0.101 e. The fourth-order valence-electron chi connectivity index (χ4n) is 2.79. The lowest BCUT2D eigenvalue weighted by atomic mass is 10.0. The van der Waals surface area contributed by atoms with Gasteiger partial charge < -0.3 is 0 Å². The summed E-state index contributed by atoms with van der Waals surface area (Å²) in [6.07, 6.45) is 9.28. The van der Waals surface area contributed by atoms with Crippen LogP contribution in [0.15, 0.2) is 48.5 Å². The molecule has 128 valence electrons. The molecule has 0 unspecified atom stereocenters. The van der Waals surface area contributed by atoms with E-state index in [0.717, 1.165) is 16.7 Å². The number of hydrogen-bond acceptors (Lipinski definition) is 0. The van der Waals surface area contributed by atoms with Crippen molar-refractivity contribution in [3.05, 3.63) is 70.8 Å². The first-order valence-electron chi connectivity index (χ1n) is 9.45. The van der Waals surface area contributed by atoms with Gasteiger partial charge in [-0.3, -0.25) is 0 Å². The maximum Gasteiger partial charge on any atom is 0.0249 e. The van der Waals surface area contributed by atoms with Gasteiger partial charge in [0, 0.05) is 16.7 Å². The van der Waals surface area contributed by atoms with Crippen LogP contribution in [0.1, 0.15) is 74.6 Å². The lowest BCUT2D eigenvalue weighted by Gasteiger charge is -2.02. The third-order valence-corrected chi connectivity index (χ3v) is 4.28. The first kappa shape index (κ1) is 18.9. The molecule has 2 aromatic carbocycles. The number of rotatable bonds is 7. The molecule has 0 aromatic heterocycles. The minimum absolute atomic E-state index is 1.03. The highest BCUT2D eigenvalue weighted by atomic mass is 14.0. The zero-order chi connectivity index (χ0) is 17.7. The largest absolute Gasteiger partial charge is 0.101 e. The number of hydrogen-bond donors (Lipinski definition) is 0. The highest BCUT2D eigenvalue weighted by molar-refractivity contribution is 5.46. The van der Waals surface area contributed by atoms with Crippen LogP contribution in [0.5, 0.6) is 0 Å². The maximum atomic E-state index is 3.24. The molecule has 0 bridgehead atoms. The second kappa shape index (κ2) is 11.2. The number of unbranched alkanes of at least 4 members (excludes halogenated alkanes) is 5. The predicted molar refractivity (Wildman–Crippen MR) is 108 cm³/mol. The van der Waals surface area contributed by atoms with Gasteiger partial charge in [-0.25, -0.2) is 0 Å². The molecule has 0 fully saturated rings. The van der Waals surface area contributed by atoms with Gasteiger partial charge in [-0.05, 0) is 61.7 Å². The van der Waals surface area contributed by atoms with E-state index >= 15 is 0 Å². The molecule has 0 aliphatic carbocycles. The molecule has 0 radical (unpaired) electrons. The summed E-state index contributed by atoms with van der Waals surface area (Å²) in [5.74, 6) is 12.4. The summed E-state index contributed by atoms with van der Waals surface area (Å²) in [6, 6.07) is 16.8. The van der Waals surface area contributed by atoms with Crippen molar-refractivity contribution in [1.29, 1.82) is 0 Å². The van der Waals surface area contributed by atoms with E-state index in [1.807, 2.05) is 31.2 Å². The second-order valence-corrected chi connectivity index (χ2v) is 6.42. The van der Waals surface area contributed by atoms with Crippen LogP contribution in [0.2, 0.25) is 0 Å². The highest BCUT2D eigenvalue weighted by Gasteiger charge is 1.95. The minimum atomic E-state index is 1.03. The average Bonchev–Trinajstić information content (AvgIpc) is 2.65. The van der Waals surface area contributed by atoms with Crippen LogP contribution in [-0.4, -0.2) is 0 Å². The number of benzene rings is 2. The average molecular weight is 328 g/mol. The fourth-order valence-corrected chi connectivity index (χ4v) is 2.79. The summed E-state index contributed by atoms with van der Waals surface area (Å²) >= 11 is 0. The van der Waals surface area contributed by atoms with Gasteiger partial charge >= 0.3 is 0 Å². The molecular weight excluding hydrogens is 300 g/mol. The quantitative estimate of drug-likeness (QED) is 0.410. The molecule has 0 N–H and O–H groups in total. The van der Waals surface area contributed by atoms with Gasteiger partial charge in [-0.1, -0.05) is 68.9 Å². The van der Waals surface area contributed by atoms with Crippen LogP contribution < -0.4 is 0 Å². The first-order chi connectivity index (χ1) is 12.3. The zero-order valence-electron chi connectivity index (χ0n) is 15.6. The van der Waals surface area contributed by atoms with E-state index in [0.29, 0.717) is 0 Å². The van der Waals surface area contributed by atoms with Gasteiger partial charge in [0.15, 0.2) is 0 Å². The molecule has 0 saturated heterocycles. The normalized spacial score (nSPS) is 9.68. The van der Waals surface area contributed by atoms with Crippen molar-refractivity contribution >= 4 is 0 Å². The van der Waals surface area contributed by atoms with Crippen molar-refractivity contribution < 1.29 is 0 Å². The molecule has 0 nitrogen and oxygen atoms in total. The van der Waals surface area contributed by atoms with Gasteiger partial charge in [0.25, 0.3) is 0 Å². The molecule has 2 rings (SSSR count). The Labute approximate surface area is 153 Å². The molecule has 0 heterocycles. The van der Waals surface area contributed by atoms with Gasteiger partial charge in [0.2, 0.25) is 0 Å². The van der Waals surface area contributed by atoms with E-state index in [2.05, 4.69) is 54.9 Å². The fraction of sp³-hybridized carbons (Fsp3) is 0.360. The van der Waals surface area contributed by atoms with Crippen LogP contribution >= 0.6 is 0 Å². The molecule has 0 aliphatic rings. The Morgan fingerprint density at radius 2 is 1.08 bits per heavy atom. The zero-order valence-corrected chi connectivity index (χ0v) is 15.6. The topological polar surface area (TPSA) is 0 Å². The van der Waals surface area contributed by atoms with E-state index in [9.17, 15) is 0 Å². The van der Waals surface area contributed by atoms with Crippen LogP contribution in [0.3, 0.4) is 0 Å². The maximum absolute atomic E-state index is 3.24. The van der Waals surface area contributed by atoms with Crippen LogP contribution in [0, 0.1) is 23.7 Å². The van der Waals surface area contributed by atoms with Crippen LogP contribution in [0.25, 0.3) is 0 Å². The summed E-state index contributed by atoms with van der Waals surface area (Å²) < 4.78 is 0. The predicted octanol–water partition coefficient (Wildman–Crippen LogP) is 6.36. The monoisotopic (exact) mass is 328 g/mol. The van der Waals surface area contributed by atoms with Gasteiger partial charge in [-0.2, -0.15) is 0 Å². The van der Waals surface area contributed by atoms with E-state index in [4.69, 9.17) is 0 Å². The smallest absolute Gasteiger partial charge is 0.0249 e. The number of aryl methyl sites for hydroxylation is 1. The summed E-state index contributed by atoms with van der Waals surface area (Å²) in [7, 11) is 0. The van der Waals surface area contributed by atoms with Gasteiger partial charge in [0.05, 0.1) is 0 Å². The third-order valence-electron chi connectivity index (χ3n) is 4.28. The Bertz CT molecular complexity index is 740. The van der Waals surface area contributed by atoms with E-state index in [-0.39, 0.29) is 0 Å². The third kappa shape index (κ3) is 7.32. The molecule has 25 heavy (non-hydrogen) atoms. The van der Waals surface area contributed by atoms with Crippen LogP contribution in [-0.2, 0) is 6.42 Å². The van der Waals surface area contributed by atoms with Crippen molar-refractivity contribution in [1.82, 2.24) is 0 Å². The SMILES string of the molecule is CC#Cc1ccc(C#Cc2ccc(CCCCCCCC)cc2)cc1. The van der Waals surface area contributed by atoms with Crippen molar-refractivity contribution in [3.8, 4) is 23.7 Å². The molecule has 2 aromatic rings. The molecular formula is C25H28. The Kier molecular flexibility index (Phi) is 8.44. The first-order valence-corrected chi connectivity index (χ1v) is 9.45. The highest BCUT2D eigenvalue weighted by Crippen LogP contribution is 2.11. The molecule has 0 spiro atoms. The summed E-state index contributed by atoms with van der Waals surface area (Å²) in [5.41, 5.74) is 4.55.